The first kappa shape index (κ1) is 16.6. The number of hydrogen-bond acceptors (Lipinski definition) is 3. The van der Waals surface area contributed by atoms with Crippen LogP contribution in [-0.2, 0) is 6.61 Å². The van der Waals surface area contributed by atoms with Crippen molar-refractivity contribution in [3.05, 3.63) is 53.2 Å². The van der Waals surface area contributed by atoms with Crippen LogP contribution in [0.15, 0.2) is 42.5 Å². The van der Waals surface area contributed by atoms with E-state index in [4.69, 9.17) is 21.1 Å². The summed E-state index contributed by atoms with van der Waals surface area (Å²) in [6, 6.07) is 13.5. The summed E-state index contributed by atoms with van der Waals surface area (Å²) in [7, 11) is 0. The molecule has 0 aliphatic carbocycles. The quantitative estimate of drug-likeness (QED) is 0.651. The molecule has 0 aliphatic rings. The Hall–Kier alpha value is -1.74. The Morgan fingerprint density at radius 1 is 1.14 bits per heavy atom. The van der Waals surface area contributed by atoms with Crippen molar-refractivity contribution < 1.29 is 9.47 Å². The van der Waals surface area contributed by atoms with E-state index in [1.54, 1.807) is 12.1 Å². The number of benzene rings is 1. The molecule has 2 aromatic rings. The lowest BCUT2D eigenvalue weighted by atomic mass is 10.0. The van der Waals surface area contributed by atoms with Crippen molar-refractivity contribution in [2.24, 2.45) is 0 Å². The van der Waals surface area contributed by atoms with E-state index in [-0.39, 0.29) is 5.60 Å². The SMILES string of the molecule is CCCC(C)(C)Oc1cc(OCc2ccccc2)cc(Cl)n1. The largest absolute Gasteiger partial charge is 0.489 e. The van der Waals surface area contributed by atoms with Crippen molar-refractivity contribution in [1.29, 1.82) is 0 Å². The zero-order valence-corrected chi connectivity index (χ0v) is 14.1. The van der Waals surface area contributed by atoms with Gasteiger partial charge in [0.25, 0.3) is 0 Å². The lowest BCUT2D eigenvalue weighted by molar-refractivity contribution is 0.0922. The molecule has 2 rings (SSSR count). The van der Waals surface area contributed by atoms with Crippen LogP contribution in [0.1, 0.15) is 39.2 Å². The molecule has 0 unspecified atom stereocenters. The van der Waals surface area contributed by atoms with E-state index in [1.807, 2.05) is 44.2 Å². The highest BCUT2D eigenvalue weighted by Gasteiger charge is 2.19. The van der Waals surface area contributed by atoms with Gasteiger partial charge in [-0.25, -0.2) is 4.98 Å². The Kier molecular flexibility index (Phi) is 5.67. The number of aromatic nitrogens is 1. The van der Waals surface area contributed by atoms with E-state index >= 15 is 0 Å². The van der Waals surface area contributed by atoms with Gasteiger partial charge in [0.15, 0.2) is 0 Å². The number of ether oxygens (including phenoxy) is 2. The first-order valence-electron chi connectivity index (χ1n) is 7.52. The summed E-state index contributed by atoms with van der Waals surface area (Å²) in [4.78, 5) is 4.22. The normalized spacial score (nSPS) is 11.3. The van der Waals surface area contributed by atoms with Crippen molar-refractivity contribution in [3.63, 3.8) is 0 Å². The molecule has 0 saturated heterocycles. The summed E-state index contributed by atoms with van der Waals surface area (Å²) in [5.74, 6) is 1.15. The molecule has 22 heavy (non-hydrogen) atoms. The van der Waals surface area contributed by atoms with Gasteiger partial charge in [-0.1, -0.05) is 55.3 Å². The second-order valence-corrected chi connectivity index (χ2v) is 6.24. The zero-order valence-electron chi connectivity index (χ0n) is 13.3. The van der Waals surface area contributed by atoms with Crippen LogP contribution in [-0.4, -0.2) is 10.6 Å². The predicted octanol–water partition coefficient (Wildman–Crippen LogP) is 5.27. The van der Waals surface area contributed by atoms with Crippen molar-refractivity contribution in [2.45, 2.75) is 45.8 Å². The van der Waals surface area contributed by atoms with E-state index < -0.39 is 0 Å². The van der Waals surface area contributed by atoms with Gasteiger partial charge in [-0.15, -0.1) is 0 Å². The van der Waals surface area contributed by atoms with Crippen LogP contribution in [0.5, 0.6) is 11.6 Å². The number of halogens is 1. The summed E-state index contributed by atoms with van der Waals surface area (Å²) in [6.45, 7) is 6.71. The topological polar surface area (TPSA) is 31.4 Å². The fourth-order valence-electron chi connectivity index (χ4n) is 2.26. The third-order valence-corrected chi connectivity index (χ3v) is 3.42. The summed E-state index contributed by atoms with van der Waals surface area (Å²) < 4.78 is 11.7. The van der Waals surface area contributed by atoms with Gasteiger partial charge in [-0.3, -0.25) is 0 Å². The molecule has 118 valence electrons. The van der Waals surface area contributed by atoms with Gasteiger partial charge in [0.05, 0.1) is 0 Å². The van der Waals surface area contributed by atoms with Gasteiger partial charge in [-0.2, -0.15) is 0 Å². The lowest BCUT2D eigenvalue weighted by Crippen LogP contribution is -2.28. The molecule has 0 fully saturated rings. The number of rotatable bonds is 7. The maximum absolute atomic E-state index is 6.07. The molecule has 0 bridgehead atoms. The summed E-state index contributed by atoms with van der Waals surface area (Å²) in [6.07, 6.45) is 1.99. The smallest absolute Gasteiger partial charge is 0.218 e. The minimum Gasteiger partial charge on any atom is -0.489 e. The fourth-order valence-corrected chi connectivity index (χ4v) is 2.45. The highest BCUT2D eigenvalue weighted by molar-refractivity contribution is 6.29. The van der Waals surface area contributed by atoms with Crippen molar-refractivity contribution in [2.75, 3.05) is 0 Å². The van der Waals surface area contributed by atoms with Crippen LogP contribution in [0.4, 0.5) is 0 Å². The van der Waals surface area contributed by atoms with E-state index in [0.717, 1.165) is 18.4 Å². The van der Waals surface area contributed by atoms with Gasteiger partial charge in [0.1, 0.15) is 23.1 Å². The van der Waals surface area contributed by atoms with Crippen LogP contribution in [0.3, 0.4) is 0 Å². The highest BCUT2D eigenvalue weighted by Crippen LogP contribution is 2.27. The zero-order chi connectivity index (χ0) is 16.0. The first-order valence-corrected chi connectivity index (χ1v) is 7.89. The third kappa shape index (κ3) is 5.23. The molecule has 0 atom stereocenters. The summed E-state index contributed by atoms with van der Waals surface area (Å²) in [5, 5.41) is 0.368. The Bertz CT molecular complexity index is 599. The van der Waals surface area contributed by atoms with E-state index in [2.05, 4.69) is 11.9 Å². The Morgan fingerprint density at radius 2 is 1.86 bits per heavy atom. The maximum atomic E-state index is 6.07. The molecule has 1 aromatic heterocycles. The van der Waals surface area contributed by atoms with Crippen molar-refractivity contribution in [1.82, 2.24) is 4.98 Å². The molecular weight excluding hydrogens is 298 g/mol. The second-order valence-electron chi connectivity index (χ2n) is 5.85. The van der Waals surface area contributed by atoms with Crippen LogP contribution in [0, 0.1) is 0 Å². The molecule has 0 radical (unpaired) electrons. The van der Waals surface area contributed by atoms with Crippen molar-refractivity contribution in [3.8, 4) is 11.6 Å². The number of hydrogen-bond donors (Lipinski definition) is 0. The van der Waals surface area contributed by atoms with Crippen LogP contribution in [0.25, 0.3) is 0 Å². The first-order chi connectivity index (χ1) is 10.5. The third-order valence-electron chi connectivity index (χ3n) is 3.23. The van der Waals surface area contributed by atoms with Crippen LogP contribution < -0.4 is 9.47 Å². The Balaban J connectivity index is 2.06. The van der Waals surface area contributed by atoms with Gasteiger partial charge < -0.3 is 9.47 Å². The van der Waals surface area contributed by atoms with Gasteiger partial charge in [-0.05, 0) is 25.8 Å². The molecule has 1 heterocycles. The minimum absolute atomic E-state index is 0.275. The van der Waals surface area contributed by atoms with Crippen LogP contribution in [0.2, 0.25) is 5.15 Å². The van der Waals surface area contributed by atoms with Crippen LogP contribution >= 0.6 is 11.6 Å². The Morgan fingerprint density at radius 3 is 2.55 bits per heavy atom. The van der Waals surface area contributed by atoms with E-state index in [9.17, 15) is 0 Å². The summed E-state index contributed by atoms with van der Waals surface area (Å²) in [5.41, 5.74) is 0.826. The van der Waals surface area contributed by atoms with E-state index in [1.165, 1.54) is 0 Å². The lowest BCUT2D eigenvalue weighted by Gasteiger charge is -2.25. The van der Waals surface area contributed by atoms with Gasteiger partial charge in [0.2, 0.25) is 5.88 Å². The molecule has 0 aliphatic heterocycles. The monoisotopic (exact) mass is 319 g/mol. The molecule has 0 N–H and O–H groups in total. The molecular formula is C18H22ClNO2. The van der Waals surface area contributed by atoms with E-state index in [0.29, 0.717) is 23.4 Å². The maximum Gasteiger partial charge on any atom is 0.218 e. The number of pyridine rings is 1. The van der Waals surface area contributed by atoms with Crippen molar-refractivity contribution >= 4 is 11.6 Å². The van der Waals surface area contributed by atoms with Gasteiger partial charge >= 0.3 is 0 Å². The number of nitrogens with zero attached hydrogens (tertiary/aromatic N) is 1. The molecule has 1 aromatic carbocycles. The molecule has 3 nitrogen and oxygen atoms in total. The predicted molar refractivity (Wildman–Crippen MR) is 89.6 cm³/mol. The fraction of sp³-hybridized carbons (Fsp3) is 0.389. The standard InChI is InChI=1S/C18H22ClNO2/c1-4-10-18(2,3)22-17-12-15(11-16(19)20-17)21-13-14-8-6-5-7-9-14/h5-9,11-12H,4,10,13H2,1-3H3. The molecule has 0 spiro atoms. The average molecular weight is 320 g/mol. The second kappa shape index (κ2) is 7.50. The Labute approximate surface area is 137 Å². The summed E-state index contributed by atoms with van der Waals surface area (Å²) >= 11 is 6.07. The molecule has 0 amide bonds. The highest BCUT2D eigenvalue weighted by atomic mass is 35.5. The minimum atomic E-state index is -0.275. The average Bonchev–Trinajstić information content (AvgIpc) is 2.45. The molecule has 0 saturated carbocycles. The molecule has 4 heteroatoms. The van der Waals surface area contributed by atoms with Gasteiger partial charge in [0, 0.05) is 12.1 Å².